The summed E-state index contributed by atoms with van der Waals surface area (Å²) in [5, 5.41) is 4.22. The van der Waals surface area contributed by atoms with Gasteiger partial charge >= 0.3 is 0 Å². The van der Waals surface area contributed by atoms with Crippen molar-refractivity contribution in [1.82, 2.24) is 5.32 Å². The minimum Gasteiger partial charge on any atom is -0.314 e. The summed E-state index contributed by atoms with van der Waals surface area (Å²) in [4.78, 5) is 0. The maximum absolute atomic E-state index is 11.5. The Hall–Kier alpha value is -0.580. The average Bonchev–Trinajstić information content (AvgIpc) is 2.72. The predicted octanol–water partition coefficient (Wildman–Crippen LogP) is 2.69. The maximum atomic E-state index is 11.5. The second-order valence-corrected chi connectivity index (χ2v) is 8.26. The van der Waals surface area contributed by atoms with Crippen LogP contribution in [-0.4, -0.2) is 32.5 Å². The van der Waals surface area contributed by atoms with Crippen LogP contribution in [0.4, 0.5) is 0 Å². The van der Waals surface area contributed by atoms with E-state index in [9.17, 15) is 8.42 Å². The van der Waals surface area contributed by atoms with Crippen molar-refractivity contribution in [3.63, 3.8) is 0 Å². The molecule has 0 aliphatic carbocycles. The van der Waals surface area contributed by atoms with E-state index in [1.54, 1.807) is 0 Å². The highest BCUT2D eigenvalue weighted by Crippen LogP contribution is 2.24. The van der Waals surface area contributed by atoms with E-state index in [1.807, 2.05) is 24.3 Å². The highest BCUT2D eigenvalue weighted by molar-refractivity contribution is 7.91. The fourth-order valence-corrected chi connectivity index (χ4v) is 4.90. The second-order valence-electron chi connectivity index (χ2n) is 5.59. The van der Waals surface area contributed by atoms with E-state index in [0.29, 0.717) is 23.5 Å². The monoisotopic (exact) mass is 315 g/mol. The summed E-state index contributed by atoms with van der Waals surface area (Å²) in [5.41, 5.74) is 1.24. The van der Waals surface area contributed by atoms with Gasteiger partial charge in [-0.25, -0.2) is 8.42 Å². The highest BCUT2D eigenvalue weighted by atomic mass is 35.5. The van der Waals surface area contributed by atoms with E-state index < -0.39 is 9.84 Å². The Kier molecular flexibility index (Phi) is 5.47. The van der Waals surface area contributed by atoms with Crippen molar-refractivity contribution in [3.8, 4) is 0 Å². The van der Waals surface area contributed by atoms with Crippen LogP contribution in [0.2, 0.25) is 5.02 Å². The molecule has 0 amide bonds. The Morgan fingerprint density at radius 1 is 1.35 bits per heavy atom. The molecule has 0 saturated carbocycles. The number of hydrogen-bond donors (Lipinski definition) is 1. The molecule has 1 heterocycles. The molecule has 1 aliphatic rings. The zero-order valence-corrected chi connectivity index (χ0v) is 13.4. The molecule has 112 valence electrons. The largest absolute Gasteiger partial charge is 0.314 e. The first-order valence-corrected chi connectivity index (χ1v) is 9.36. The minimum atomic E-state index is -2.78. The molecule has 0 spiro atoms. The molecule has 20 heavy (non-hydrogen) atoms. The molecule has 0 aromatic heterocycles. The minimum absolute atomic E-state index is 0.302. The molecule has 2 atom stereocenters. The Bertz CT molecular complexity index is 527. The first-order valence-electron chi connectivity index (χ1n) is 7.17. The summed E-state index contributed by atoms with van der Waals surface area (Å²) in [6.45, 7) is 2.98. The number of likely N-dealkylation sites (N-methyl/N-ethyl adjacent to an activating group) is 1. The molecule has 1 aromatic rings. The molecule has 1 saturated heterocycles. The van der Waals surface area contributed by atoms with Crippen LogP contribution in [0.3, 0.4) is 0 Å². The fraction of sp³-hybridized carbons (Fsp3) is 0.600. The Morgan fingerprint density at radius 3 is 2.60 bits per heavy atom. The van der Waals surface area contributed by atoms with Crippen molar-refractivity contribution in [2.45, 2.75) is 32.2 Å². The van der Waals surface area contributed by atoms with Crippen LogP contribution >= 0.6 is 11.6 Å². The van der Waals surface area contributed by atoms with Gasteiger partial charge in [0.05, 0.1) is 11.5 Å². The van der Waals surface area contributed by atoms with E-state index in [2.05, 4.69) is 12.2 Å². The average molecular weight is 316 g/mol. The Balaban J connectivity index is 1.95. The molecular formula is C15H22ClNO2S. The van der Waals surface area contributed by atoms with E-state index in [-0.39, 0.29) is 0 Å². The molecule has 1 fully saturated rings. The van der Waals surface area contributed by atoms with Gasteiger partial charge in [0.2, 0.25) is 0 Å². The maximum Gasteiger partial charge on any atom is 0.150 e. The van der Waals surface area contributed by atoms with E-state index >= 15 is 0 Å². The summed E-state index contributed by atoms with van der Waals surface area (Å²) in [5.74, 6) is 1.02. The third-order valence-electron chi connectivity index (χ3n) is 3.83. The standard InChI is InChI=1S/C15H22ClNO2S/c1-2-17-15(9-12-3-5-14(16)6-4-12)10-13-7-8-20(18,19)11-13/h3-6,13,15,17H,2,7-11H2,1H3. The molecule has 0 bridgehead atoms. The van der Waals surface area contributed by atoms with Gasteiger partial charge in [-0.2, -0.15) is 0 Å². The van der Waals surface area contributed by atoms with E-state index in [4.69, 9.17) is 11.6 Å². The quantitative estimate of drug-likeness (QED) is 0.878. The van der Waals surface area contributed by atoms with Crippen molar-refractivity contribution in [1.29, 1.82) is 0 Å². The zero-order valence-electron chi connectivity index (χ0n) is 11.8. The Labute approximate surface area is 126 Å². The van der Waals surface area contributed by atoms with Crippen LogP contribution in [0.15, 0.2) is 24.3 Å². The summed E-state index contributed by atoms with van der Waals surface area (Å²) in [6.07, 6.45) is 2.65. The molecule has 2 rings (SSSR count). The molecule has 1 N–H and O–H groups in total. The number of rotatable bonds is 6. The SMILES string of the molecule is CCNC(Cc1ccc(Cl)cc1)CC1CCS(=O)(=O)C1. The molecule has 2 unspecified atom stereocenters. The van der Waals surface area contributed by atoms with Gasteiger partial charge in [-0.3, -0.25) is 0 Å². The summed E-state index contributed by atoms with van der Waals surface area (Å²) in [6, 6.07) is 8.22. The Morgan fingerprint density at radius 2 is 2.05 bits per heavy atom. The first-order chi connectivity index (χ1) is 9.48. The van der Waals surface area contributed by atoms with Gasteiger partial charge in [0.25, 0.3) is 0 Å². The highest BCUT2D eigenvalue weighted by Gasteiger charge is 2.29. The number of sulfone groups is 1. The zero-order chi connectivity index (χ0) is 14.6. The predicted molar refractivity (Wildman–Crippen MR) is 84.0 cm³/mol. The summed E-state index contributed by atoms with van der Waals surface area (Å²) < 4.78 is 23.1. The van der Waals surface area contributed by atoms with Gasteiger partial charge in [0.1, 0.15) is 0 Å². The van der Waals surface area contributed by atoms with Crippen molar-refractivity contribution in [2.24, 2.45) is 5.92 Å². The van der Waals surface area contributed by atoms with E-state index in [0.717, 1.165) is 30.8 Å². The molecule has 5 heteroatoms. The van der Waals surface area contributed by atoms with Crippen LogP contribution in [0, 0.1) is 5.92 Å². The lowest BCUT2D eigenvalue weighted by molar-refractivity contribution is 0.409. The topological polar surface area (TPSA) is 46.2 Å². The number of halogens is 1. The smallest absolute Gasteiger partial charge is 0.150 e. The third-order valence-corrected chi connectivity index (χ3v) is 5.92. The third kappa shape index (κ3) is 4.76. The molecule has 1 aromatic carbocycles. The lowest BCUT2D eigenvalue weighted by atomic mass is 9.94. The number of hydrogen-bond acceptors (Lipinski definition) is 3. The fourth-order valence-electron chi connectivity index (χ4n) is 2.89. The van der Waals surface area contributed by atoms with Gasteiger partial charge in [-0.15, -0.1) is 0 Å². The van der Waals surface area contributed by atoms with Crippen LogP contribution in [0.5, 0.6) is 0 Å². The van der Waals surface area contributed by atoms with Crippen LogP contribution < -0.4 is 5.32 Å². The second kappa shape index (κ2) is 6.92. The first kappa shape index (κ1) is 15.8. The van der Waals surface area contributed by atoms with Crippen LogP contribution in [0.25, 0.3) is 0 Å². The molecule has 0 radical (unpaired) electrons. The summed E-state index contributed by atoms with van der Waals surface area (Å²) >= 11 is 5.90. The van der Waals surface area contributed by atoms with Crippen LogP contribution in [0.1, 0.15) is 25.3 Å². The van der Waals surface area contributed by atoms with Gasteiger partial charge in [0.15, 0.2) is 9.84 Å². The normalized spacial score (nSPS) is 22.8. The molecular weight excluding hydrogens is 294 g/mol. The molecule has 3 nitrogen and oxygen atoms in total. The molecule has 1 aliphatic heterocycles. The number of nitrogens with one attached hydrogen (secondary N) is 1. The van der Waals surface area contributed by atoms with Gasteiger partial charge in [-0.05, 0) is 49.4 Å². The van der Waals surface area contributed by atoms with Gasteiger partial charge in [-0.1, -0.05) is 30.7 Å². The lowest BCUT2D eigenvalue weighted by Gasteiger charge is -2.21. The van der Waals surface area contributed by atoms with Gasteiger partial charge < -0.3 is 5.32 Å². The van der Waals surface area contributed by atoms with Crippen molar-refractivity contribution in [3.05, 3.63) is 34.9 Å². The summed E-state index contributed by atoms with van der Waals surface area (Å²) in [7, 11) is -2.78. The van der Waals surface area contributed by atoms with E-state index in [1.165, 1.54) is 5.56 Å². The lowest BCUT2D eigenvalue weighted by Crippen LogP contribution is -2.33. The van der Waals surface area contributed by atoms with Crippen molar-refractivity contribution < 1.29 is 8.42 Å². The van der Waals surface area contributed by atoms with Gasteiger partial charge in [0, 0.05) is 11.1 Å². The number of benzene rings is 1. The van der Waals surface area contributed by atoms with Crippen molar-refractivity contribution >= 4 is 21.4 Å². The van der Waals surface area contributed by atoms with Crippen molar-refractivity contribution in [2.75, 3.05) is 18.1 Å². The van der Waals surface area contributed by atoms with Crippen LogP contribution in [-0.2, 0) is 16.3 Å².